The van der Waals surface area contributed by atoms with Gasteiger partial charge in [-0.1, -0.05) is 0 Å². The predicted molar refractivity (Wildman–Crippen MR) is 65.4 cm³/mol. The topological polar surface area (TPSA) is 44.0 Å². The highest BCUT2D eigenvalue weighted by Gasteiger charge is 2.13. The molecule has 1 fully saturated rings. The van der Waals surface area contributed by atoms with E-state index in [1.165, 1.54) is 38.2 Å². The highest BCUT2D eigenvalue weighted by molar-refractivity contribution is 4.97. The molecule has 16 heavy (non-hydrogen) atoms. The van der Waals surface area contributed by atoms with Gasteiger partial charge in [0.2, 0.25) is 0 Å². The minimum absolute atomic E-state index is 0.584. The third-order valence-corrected chi connectivity index (χ3v) is 3.18. The van der Waals surface area contributed by atoms with Crippen LogP contribution in [0.5, 0.6) is 0 Å². The van der Waals surface area contributed by atoms with Gasteiger partial charge in [-0.25, -0.2) is 0 Å². The Morgan fingerprint density at radius 3 is 3.00 bits per heavy atom. The highest BCUT2D eigenvalue weighted by atomic mass is 15.2. The first kappa shape index (κ1) is 11.6. The molecule has 0 bridgehead atoms. The average Bonchev–Trinajstić information content (AvgIpc) is 2.90. The second-order valence-electron chi connectivity index (χ2n) is 4.69. The average molecular weight is 222 g/mol. The van der Waals surface area contributed by atoms with Gasteiger partial charge >= 0.3 is 0 Å². The molecule has 2 rings (SSSR count). The van der Waals surface area contributed by atoms with Crippen molar-refractivity contribution in [1.82, 2.24) is 20.4 Å². The van der Waals surface area contributed by atoms with Crippen LogP contribution in [0.2, 0.25) is 0 Å². The van der Waals surface area contributed by atoms with E-state index in [1.807, 2.05) is 12.3 Å². The Labute approximate surface area is 97.4 Å². The van der Waals surface area contributed by atoms with Crippen molar-refractivity contribution in [3.05, 3.63) is 18.0 Å². The highest BCUT2D eigenvalue weighted by Crippen LogP contribution is 2.07. The lowest BCUT2D eigenvalue weighted by Crippen LogP contribution is -2.38. The summed E-state index contributed by atoms with van der Waals surface area (Å²) < 4.78 is 0. The molecule has 0 saturated carbocycles. The van der Waals surface area contributed by atoms with Crippen LogP contribution in [-0.4, -0.2) is 47.3 Å². The number of hydrogen-bond acceptors (Lipinski definition) is 3. The van der Waals surface area contributed by atoms with Crippen LogP contribution in [0.3, 0.4) is 0 Å². The summed E-state index contributed by atoms with van der Waals surface area (Å²) in [4.78, 5) is 2.55. The quantitative estimate of drug-likeness (QED) is 0.755. The van der Waals surface area contributed by atoms with Crippen LogP contribution in [0.1, 0.15) is 25.5 Å². The first-order valence-electron chi connectivity index (χ1n) is 6.28. The van der Waals surface area contributed by atoms with Gasteiger partial charge in [-0.15, -0.1) is 0 Å². The molecular weight excluding hydrogens is 200 g/mol. The molecule has 1 aromatic rings. The van der Waals surface area contributed by atoms with Crippen molar-refractivity contribution in [2.75, 3.05) is 26.2 Å². The van der Waals surface area contributed by atoms with Gasteiger partial charge in [0.1, 0.15) is 0 Å². The summed E-state index contributed by atoms with van der Waals surface area (Å²) in [5, 5.41) is 10.5. The Morgan fingerprint density at radius 1 is 1.50 bits per heavy atom. The monoisotopic (exact) mass is 222 g/mol. The normalized spacial score (nSPS) is 19.1. The number of nitrogens with zero attached hydrogens (tertiary/aromatic N) is 2. The van der Waals surface area contributed by atoms with Gasteiger partial charge < -0.3 is 10.2 Å². The SMILES string of the molecule is CC(CN1CCCC1)NCCc1ccn[nH]1. The molecule has 1 aromatic heterocycles. The Morgan fingerprint density at radius 2 is 2.31 bits per heavy atom. The Kier molecular flexibility index (Phi) is 4.36. The molecule has 1 unspecified atom stereocenters. The van der Waals surface area contributed by atoms with E-state index in [0.717, 1.165) is 13.0 Å². The van der Waals surface area contributed by atoms with Crippen molar-refractivity contribution < 1.29 is 0 Å². The second-order valence-corrected chi connectivity index (χ2v) is 4.69. The molecule has 2 heterocycles. The molecule has 4 nitrogen and oxygen atoms in total. The number of H-pyrrole nitrogens is 1. The van der Waals surface area contributed by atoms with Crippen LogP contribution in [0.25, 0.3) is 0 Å². The van der Waals surface area contributed by atoms with E-state index in [4.69, 9.17) is 0 Å². The lowest BCUT2D eigenvalue weighted by molar-refractivity contribution is 0.299. The zero-order valence-electron chi connectivity index (χ0n) is 10.1. The lowest BCUT2D eigenvalue weighted by Gasteiger charge is -2.21. The molecule has 1 aliphatic rings. The van der Waals surface area contributed by atoms with Gasteiger partial charge in [0.15, 0.2) is 0 Å². The van der Waals surface area contributed by atoms with Crippen molar-refractivity contribution in [1.29, 1.82) is 0 Å². The smallest absolute Gasteiger partial charge is 0.0490 e. The third kappa shape index (κ3) is 3.61. The maximum atomic E-state index is 3.94. The molecule has 1 saturated heterocycles. The Balaban J connectivity index is 1.58. The van der Waals surface area contributed by atoms with Crippen LogP contribution in [0.4, 0.5) is 0 Å². The molecule has 90 valence electrons. The van der Waals surface area contributed by atoms with E-state index >= 15 is 0 Å². The van der Waals surface area contributed by atoms with E-state index in [2.05, 4.69) is 27.3 Å². The van der Waals surface area contributed by atoms with Crippen LogP contribution in [-0.2, 0) is 6.42 Å². The molecule has 4 heteroatoms. The lowest BCUT2D eigenvalue weighted by atomic mass is 10.2. The van der Waals surface area contributed by atoms with E-state index in [0.29, 0.717) is 6.04 Å². The molecule has 2 N–H and O–H groups in total. The summed E-state index contributed by atoms with van der Waals surface area (Å²) >= 11 is 0. The molecule has 0 aromatic carbocycles. The van der Waals surface area contributed by atoms with Gasteiger partial charge in [0.25, 0.3) is 0 Å². The summed E-state index contributed by atoms with van der Waals surface area (Å²) in [5.74, 6) is 0. The summed E-state index contributed by atoms with van der Waals surface area (Å²) in [5.41, 5.74) is 1.21. The number of aromatic amines is 1. The number of nitrogens with one attached hydrogen (secondary N) is 2. The summed E-state index contributed by atoms with van der Waals surface area (Å²) in [6.45, 7) is 7.05. The molecule has 1 atom stereocenters. The number of likely N-dealkylation sites (tertiary alicyclic amines) is 1. The van der Waals surface area contributed by atoms with Crippen LogP contribution in [0, 0.1) is 0 Å². The van der Waals surface area contributed by atoms with Crippen molar-refractivity contribution >= 4 is 0 Å². The molecular formula is C12H22N4. The van der Waals surface area contributed by atoms with Crippen molar-refractivity contribution in [3.8, 4) is 0 Å². The van der Waals surface area contributed by atoms with Crippen molar-refractivity contribution in [2.24, 2.45) is 0 Å². The van der Waals surface area contributed by atoms with Gasteiger partial charge in [0, 0.05) is 37.4 Å². The number of hydrogen-bond donors (Lipinski definition) is 2. The first-order chi connectivity index (χ1) is 7.84. The molecule has 0 spiro atoms. The Hall–Kier alpha value is -0.870. The fourth-order valence-electron chi connectivity index (χ4n) is 2.29. The summed E-state index contributed by atoms with van der Waals surface area (Å²) in [6, 6.07) is 2.62. The Bertz CT molecular complexity index is 277. The predicted octanol–water partition coefficient (Wildman–Crippen LogP) is 1.03. The minimum atomic E-state index is 0.584. The molecule has 1 aliphatic heterocycles. The fraction of sp³-hybridized carbons (Fsp3) is 0.750. The van der Waals surface area contributed by atoms with Crippen LogP contribution in [0.15, 0.2) is 12.3 Å². The van der Waals surface area contributed by atoms with Crippen LogP contribution < -0.4 is 5.32 Å². The van der Waals surface area contributed by atoms with E-state index in [-0.39, 0.29) is 0 Å². The zero-order chi connectivity index (χ0) is 11.2. The minimum Gasteiger partial charge on any atom is -0.313 e. The van der Waals surface area contributed by atoms with Crippen LogP contribution >= 0.6 is 0 Å². The molecule has 0 radical (unpaired) electrons. The van der Waals surface area contributed by atoms with Gasteiger partial charge in [-0.05, 0) is 38.9 Å². The van der Waals surface area contributed by atoms with Crippen molar-refractivity contribution in [2.45, 2.75) is 32.2 Å². The molecule has 0 aliphatic carbocycles. The second kappa shape index (κ2) is 6.01. The van der Waals surface area contributed by atoms with Gasteiger partial charge in [0.05, 0.1) is 0 Å². The maximum absolute atomic E-state index is 3.94. The van der Waals surface area contributed by atoms with E-state index < -0.39 is 0 Å². The first-order valence-corrected chi connectivity index (χ1v) is 6.28. The fourth-order valence-corrected chi connectivity index (χ4v) is 2.29. The number of aromatic nitrogens is 2. The zero-order valence-corrected chi connectivity index (χ0v) is 10.1. The maximum Gasteiger partial charge on any atom is 0.0490 e. The standard InChI is InChI=1S/C12H22N4/c1-11(10-16-8-2-3-9-16)13-6-4-12-5-7-14-15-12/h5,7,11,13H,2-4,6,8-10H2,1H3,(H,14,15). The van der Waals surface area contributed by atoms with Gasteiger partial charge in [-0.2, -0.15) is 5.10 Å². The number of rotatable bonds is 6. The summed E-state index contributed by atoms with van der Waals surface area (Å²) in [7, 11) is 0. The van der Waals surface area contributed by atoms with E-state index in [9.17, 15) is 0 Å². The largest absolute Gasteiger partial charge is 0.313 e. The molecule has 0 amide bonds. The van der Waals surface area contributed by atoms with E-state index in [1.54, 1.807) is 0 Å². The third-order valence-electron chi connectivity index (χ3n) is 3.18. The van der Waals surface area contributed by atoms with Crippen molar-refractivity contribution in [3.63, 3.8) is 0 Å². The van der Waals surface area contributed by atoms with Gasteiger partial charge in [-0.3, -0.25) is 5.10 Å². The summed E-state index contributed by atoms with van der Waals surface area (Å²) in [6.07, 6.45) is 5.59.